The minimum atomic E-state index is -3.69. The Kier molecular flexibility index (Phi) is 5.61. The highest BCUT2D eigenvalue weighted by molar-refractivity contribution is 7.89. The lowest BCUT2D eigenvalue weighted by molar-refractivity contribution is 0.0948. The number of hydrogen-bond donors (Lipinski definition) is 2. The molecule has 2 heterocycles. The molecule has 0 bridgehead atoms. The number of aromatic nitrogens is 1. The van der Waals surface area contributed by atoms with Gasteiger partial charge in [0.2, 0.25) is 10.0 Å². The van der Waals surface area contributed by atoms with Crippen molar-refractivity contribution in [1.29, 1.82) is 0 Å². The molecule has 0 saturated carbocycles. The lowest BCUT2D eigenvalue weighted by Crippen LogP contribution is -2.24. The van der Waals surface area contributed by atoms with Gasteiger partial charge in [-0.05, 0) is 49.5 Å². The minimum Gasteiger partial charge on any atom is -0.457 e. The maximum Gasteiger partial charge on any atom is 0.253 e. The maximum atomic E-state index is 12.5. The molecular formula is C20H16ClN3O4S2. The number of nitrogens with zero attached hydrogens (tertiary/aromatic N) is 1. The second-order valence-corrected chi connectivity index (χ2v) is 9.61. The van der Waals surface area contributed by atoms with Crippen LogP contribution in [0.5, 0.6) is 0 Å². The van der Waals surface area contributed by atoms with Crippen LogP contribution < -0.4 is 10.0 Å². The van der Waals surface area contributed by atoms with Crippen LogP contribution in [0.25, 0.3) is 21.0 Å². The molecule has 2 N–H and O–H groups in total. The molecule has 2 aromatic heterocycles. The van der Waals surface area contributed by atoms with Crippen LogP contribution in [0.1, 0.15) is 16.1 Å². The lowest BCUT2D eigenvalue weighted by Gasteiger charge is -2.08. The summed E-state index contributed by atoms with van der Waals surface area (Å²) in [6.07, 6.45) is 0. The van der Waals surface area contributed by atoms with Crippen molar-refractivity contribution in [1.82, 2.24) is 15.0 Å². The average molecular weight is 462 g/mol. The largest absolute Gasteiger partial charge is 0.457 e. The zero-order valence-electron chi connectivity index (χ0n) is 15.7. The van der Waals surface area contributed by atoms with Crippen LogP contribution in [-0.4, -0.2) is 26.4 Å². The average Bonchev–Trinajstić information content (AvgIpc) is 3.39. The Hall–Kier alpha value is -2.72. The summed E-state index contributed by atoms with van der Waals surface area (Å²) in [4.78, 5) is 17.0. The molecule has 0 saturated heterocycles. The molecule has 30 heavy (non-hydrogen) atoms. The highest BCUT2D eigenvalue weighted by atomic mass is 35.5. The van der Waals surface area contributed by atoms with Gasteiger partial charge in [0.25, 0.3) is 5.91 Å². The fourth-order valence-electron chi connectivity index (χ4n) is 2.79. The number of para-hydroxylation sites is 1. The fourth-order valence-corrected chi connectivity index (χ4v) is 4.68. The first-order valence-electron chi connectivity index (χ1n) is 8.83. The van der Waals surface area contributed by atoms with Gasteiger partial charge in [-0.1, -0.05) is 23.7 Å². The Balaban J connectivity index is 1.49. The third-order valence-corrected chi connectivity index (χ3v) is 7.14. The van der Waals surface area contributed by atoms with E-state index in [0.29, 0.717) is 11.5 Å². The third kappa shape index (κ3) is 4.10. The van der Waals surface area contributed by atoms with Crippen LogP contribution in [0.4, 0.5) is 0 Å². The predicted octanol–water partition coefficient (Wildman–Crippen LogP) is 4.05. The minimum absolute atomic E-state index is 0.0457. The topological polar surface area (TPSA) is 101 Å². The summed E-state index contributed by atoms with van der Waals surface area (Å²) in [5.74, 6) is 0.638. The van der Waals surface area contributed by atoms with Crippen LogP contribution in [0, 0.1) is 0 Å². The molecule has 2 aromatic carbocycles. The molecule has 0 unspecified atom stereocenters. The molecular weight excluding hydrogens is 446 g/mol. The Morgan fingerprint density at radius 1 is 1.17 bits per heavy atom. The molecule has 154 valence electrons. The summed E-state index contributed by atoms with van der Waals surface area (Å²) in [5.41, 5.74) is 0.959. The van der Waals surface area contributed by atoms with E-state index in [2.05, 4.69) is 15.0 Å². The van der Waals surface area contributed by atoms with Crippen LogP contribution in [0.15, 0.2) is 63.9 Å². The van der Waals surface area contributed by atoms with Crippen molar-refractivity contribution in [2.45, 2.75) is 11.4 Å². The van der Waals surface area contributed by atoms with Crippen molar-refractivity contribution in [3.8, 4) is 10.8 Å². The SMILES string of the molecule is CNS(=O)(=O)c1ccc(Cl)c(C(=O)NCc2ccc(-c3nc4ccccc4s3)o2)c1. The molecule has 0 spiro atoms. The lowest BCUT2D eigenvalue weighted by atomic mass is 10.2. The number of benzene rings is 2. The van der Waals surface area contributed by atoms with Gasteiger partial charge < -0.3 is 9.73 Å². The number of halogens is 1. The number of amides is 1. The molecule has 0 radical (unpaired) electrons. The van der Waals surface area contributed by atoms with E-state index >= 15 is 0 Å². The van der Waals surface area contributed by atoms with Gasteiger partial charge in [0.05, 0.1) is 32.2 Å². The molecule has 4 aromatic rings. The first kappa shape index (κ1) is 20.5. The second kappa shape index (κ2) is 8.19. The van der Waals surface area contributed by atoms with Gasteiger partial charge in [0.1, 0.15) is 5.76 Å². The Morgan fingerprint density at radius 3 is 2.73 bits per heavy atom. The van der Waals surface area contributed by atoms with E-state index in [1.165, 1.54) is 36.6 Å². The second-order valence-electron chi connectivity index (χ2n) is 6.28. The number of carbonyl (C=O) groups is 1. The van der Waals surface area contributed by atoms with Crippen LogP contribution in [0.2, 0.25) is 5.02 Å². The number of hydrogen-bond acceptors (Lipinski definition) is 6. The highest BCUT2D eigenvalue weighted by Gasteiger charge is 2.18. The number of sulfonamides is 1. The number of nitrogens with one attached hydrogen (secondary N) is 2. The van der Waals surface area contributed by atoms with E-state index in [1.54, 1.807) is 12.1 Å². The number of carbonyl (C=O) groups excluding carboxylic acids is 1. The molecule has 0 aliphatic rings. The van der Waals surface area contributed by atoms with Crippen LogP contribution in [0.3, 0.4) is 0 Å². The van der Waals surface area contributed by atoms with Gasteiger partial charge in [0, 0.05) is 0 Å². The Labute approximate surface area is 181 Å². The molecule has 0 fully saturated rings. The van der Waals surface area contributed by atoms with Crippen molar-refractivity contribution < 1.29 is 17.6 Å². The normalized spacial score (nSPS) is 11.7. The van der Waals surface area contributed by atoms with Crippen molar-refractivity contribution in [2.24, 2.45) is 0 Å². The summed E-state index contributed by atoms with van der Waals surface area (Å²) < 4.78 is 33.0. The van der Waals surface area contributed by atoms with Gasteiger partial charge >= 0.3 is 0 Å². The van der Waals surface area contributed by atoms with Crippen molar-refractivity contribution >= 4 is 49.1 Å². The van der Waals surface area contributed by atoms with E-state index in [-0.39, 0.29) is 22.0 Å². The molecule has 0 atom stereocenters. The summed E-state index contributed by atoms with van der Waals surface area (Å²) in [7, 11) is -2.39. The first-order chi connectivity index (χ1) is 14.4. The van der Waals surface area contributed by atoms with Gasteiger partial charge in [0.15, 0.2) is 10.8 Å². The van der Waals surface area contributed by atoms with E-state index < -0.39 is 15.9 Å². The molecule has 1 amide bonds. The third-order valence-electron chi connectivity index (χ3n) is 4.35. The van der Waals surface area contributed by atoms with E-state index in [1.807, 2.05) is 24.3 Å². The molecule has 0 aliphatic carbocycles. The fraction of sp³-hybridized carbons (Fsp3) is 0.100. The number of thiazole rings is 1. The van der Waals surface area contributed by atoms with Crippen molar-refractivity contribution in [3.05, 3.63) is 70.9 Å². The van der Waals surface area contributed by atoms with Gasteiger partial charge in [-0.15, -0.1) is 11.3 Å². The summed E-state index contributed by atoms with van der Waals surface area (Å²) in [6, 6.07) is 15.3. The van der Waals surface area contributed by atoms with Gasteiger partial charge in [-0.2, -0.15) is 0 Å². The highest BCUT2D eigenvalue weighted by Crippen LogP contribution is 2.31. The standard InChI is InChI=1S/C20H16ClN3O4S2/c1-22-30(26,27)13-7-8-15(21)14(10-13)19(25)23-11-12-6-9-17(28-12)20-24-16-4-2-3-5-18(16)29-20/h2-10,22H,11H2,1H3,(H,23,25). The van der Waals surface area contributed by atoms with Crippen molar-refractivity contribution in [2.75, 3.05) is 7.05 Å². The molecule has 0 aliphatic heterocycles. The molecule has 4 rings (SSSR count). The smallest absolute Gasteiger partial charge is 0.253 e. The van der Waals surface area contributed by atoms with E-state index in [0.717, 1.165) is 15.2 Å². The summed E-state index contributed by atoms with van der Waals surface area (Å²) >= 11 is 7.60. The molecule has 10 heteroatoms. The molecule has 7 nitrogen and oxygen atoms in total. The number of furan rings is 1. The Morgan fingerprint density at radius 2 is 1.97 bits per heavy atom. The van der Waals surface area contributed by atoms with E-state index in [9.17, 15) is 13.2 Å². The monoisotopic (exact) mass is 461 g/mol. The first-order valence-corrected chi connectivity index (χ1v) is 11.5. The maximum absolute atomic E-state index is 12.5. The summed E-state index contributed by atoms with van der Waals surface area (Å²) in [6.45, 7) is 0.114. The van der Waals surface area contributed by atoms with Crippen molar-refractivity contribution in [3.63, 3.8) is 0 Å². The van der Waals surface area contributed by atoms with E-state index in [4.69, 9.17) is 16.0 Å². The quantitative estimate of drug-likeness (QED) is 0.451. The predicted molar refractivity (Wildman–Crippen MR) is 116 cm³/mol. The van der Waals surface area contributed by atoms with Crippen LogP contribution in [-0.2, 0) is 16.6 Å². The number of fused-ring (bicyclic) bond motifs is 1. The number of rotatable bonds is 6. The summed E-state index contributed by atoms with van der Waals surface area (Å²) in [5, 5.41) is 3.60. The zero-order valence-corrected chi connectivity index (χ0v) is 18.1. The van der Waals surface area contributed by atoms with Crippen LogP contribution >= 0.6 is 22.9 Å². The Bertz CT molecular complexity index is 1310. The van der Waals surface area contributed by atoms with Gasteiger partial charge in [-0.3, -0.25) is 4.79 Å². The zero-order chi connectivity index (χ0) is 21.3. The van der Waals surface area contributed by atoms with Gasteiger partial charge in [-0.25, -0.2) is 18.1 Å².